The standard InChI is InChI=1S/C17H18F3N3O/c1-16(2,3)23-15(24)14-9-8-13(10-21-14)22-12-6-4-11(5-7-12)17(18,19)20/h4-10,22H,1-3H3,(H,23,24). The van der Waals surface area contributed by atoms with Gasteiger partial charge in [0.2, 0.25) is 0 Å². The first-order valence-corrected chi connectivity index (χ1v) is 7.27. The van der Waals surface area contributed by atoms with Crippen LogP contribution in [-0.2, 0) is 6.18 Å². The van der Waals surface area contributed by atoms with Crippen molar-refractivity contribution in [2.24, 2.45) is 0 Å². The van der Waals surface area contributed by atoms with E-state index in [2.05, 4.69) is 15.6 Å². The predicted molar refractivity (Wildman–Crippen MR) is 86.2 cm³/mol. The van der Waals surface area contributed by atoms with Crippen LogP contribution in [-0.4, -0.2) is 16.4 Å². The Bertz CT molecular complexity index is 702. The van der Waals surface area contributed by atoms with Crippen molar-refractivity contribution in [3.8, 4) is 0 Å². The van der Waals surface area contributed by atoms with Gasteiger partial charge in [-0.1, -0.05) is 0 Å². The van der Waals surface area contributed by atoms with E-state index in [1.165, 1.54) is 18.3 Å². The maximum absolute atomic E-state index is 12.5. The van der Waals surface area contributed by atoms with E-state index in [0.717, 1.165) is 12.1 Å². The number of anilines is 2. The van der Waals surface area contributed by atoms with E-state index in [-0.39, 0.29) is 17.1 Å². The summed E-state index contributed by atoms with van der Waals surface area (Å²) in [5.74, 6) is -0.288. The monoisotopic (exact) mass is 337 g/mol. The van der Waals surface area contributed by atoms with Gasteiger partial charge in [-0.2, -0.15) is 13.2 Å². The van der Waals surface area contributed by atoms with Gasteiger partial charge in [-0.15, -0.1) is 0 Å². The fourth-order valence-corrected chi connectivity index (χ4v) is 1.92. The zero-order chi connectivity index (χ0) is 18.0. The SMILES string of the molecule is CC(C)(C)NC(=O)c1ccc(Nc2ccc(C(F)(F)F)cc2)cn1. The van der Waals surface area contributed by atoms with Crippen LogP contribution in [0.3, 0.4) is 0 Å². The number of hydrogen-bond donors (Lipinski definition) is 2. The van der Waals surface area contributed by atoms with E-state index >= 15 is 0 Å². The third kappa shape index (κ3) is 4.97. The summed E-state index contributed by atoms with van der Waals surface area (Å²) in [6.07, 6.45) is -2.91. The van der Waals surface area contributed by atoms with Crippen LogP contribution in [0.2, 0.25) is 0 Å². The molecule has 0 radical (unpaired) electrons. The van der Waals surface area contributed by atoms with Gasteiger partial charge in [0, 0.05) is 11.2 Å². The van der Waals surface area contributed by atoms with Crippen LogP contribution in [0.4, 0.5) is 24.5 Å². The van der Waals surface area contributed by atoms with Gasteiger partial charge in [-0.05, 0) is 57.2 Å². The van der Waals surface area contributed by atoms with Crippen LogP contribution in [0.25, 0.3) is 0 Å². The van der Waals surface area contributed by atoms with Crippen LogP contribution in [0.5, 0.6) is 0 Å². The van der Waals surface area contributed by atoms with Crippen LogP contribution >= 0.6 is 0 Å². The summed E-state index contributed by atoms with van der Waals surface area (Å²) in [7, 11) is 0. The minimum atomic E-state index is -4.36. The summed E-state index contributed by atoms with van der Waals surface area (Å²) in [6.45, 7) is 5.60. The minimum Gasteiger partial charge on any atom is -0.354 e. The molecule has 7 heteroatoms. The van der Waals surface area contributed by atoms with Crippen molar-refractivity contribution in [3.05, 3.63) is 53.9 Å². The summed E-state index contributed by atoms with van der Waals surface area (Å²) >= 11 is 0. The Morgan fingerprint density at radius 2 is 1.54 bits per heavy atom. The Labute approximate surface area is 138 Å². The molecular weight excluding hydrogens is 319 g/mol. The summed E-state index contributed by atoms with van der Waals surface area (Å²) in [6, 6.07) is 7.86. The van der Waals surface area contributed by atoms with E-state index in [1.807, 2.05) is 20.8 Å². The largest absolute Gasteiger partial charge is 0.416 e. The van der Waals surface area contributed by atoms with E-state index in [1.54, 1.807) is 12.1 Å². The molecule has 128 valence electrons. The molecule has 0 aliphatic heterocycles. The van der Waals surface area contributed by atoms with Gasteiger partial charge >= 0.3 is 6.18 Å². The van der Waals surface area contributed by atoms with Crippen molar-refractivity contribution in [2.45, 2.75) is 32.5 Å². The van der Waals surface area contributed by atoms with Gasteiger partial charge < -0.3 is 10.6 Å². The molecule has 0 saturated heterocycles. The molecule has 2 rings (SSSR count). The molecule has 1 amide bonds. The highest BCUT2D eigenvalue weighted by molar-refractivity contribution is 5.92. The van der Waals surface area contributed by atoms with E-state index in [9.17, 15) is 18.0 Å². The molecule has 0 unspecified atom stereocenters. The molecule has 4 nitrogen and oxygen atoms in total. The predicted octanol–water partition coefficient (Wildman–Crippen LogP) is 4.37. The van der Waals surface area contributed by atoms with Crippen molar-refractivity contribution in [2.75, 3.05) is 5.32 Å². The zero-order valence-corrected chi connectivity index (χ0v) is 13.5. The average molecular weight is 337 g/mol. The number of benzene rings is 1. The van der Waals surface area contributed by atoms with Crippen LogP contribution < -0.4 is 10.6 Å². The van der Waals surface area contributed by atoms with Gasteiger partial charge in [0.05, 0.1) is 17.4 Å². The zero-order valence-electron chi connectivity index (χ0n) is 13.5. The Morgan fingerprint density at radius 3 is 2.00 bits per heavy atom. The quantitative estimate of drug-likeness (QED) is 0.874. The first kappa shape index (κ1) is 17.8. The third-order valence-electron chi connectivity index (χ3n) is 2.99. The van der Waals surface area contributed by atoms with Gasteiger partial charge in [-0.3, -0.25) is 4.79 Å². The molecule has 0 saturated carbocycles. The van der Waals surface area contributed by atoms with E-state index in [4.69, 9.17) is 0 Å². The van der Waals surface area contributed by atoms with Crippen molar-refractivity contribution in [3.63, 3.8) is 0 Å². The fourth-order valence-electron chi connectivity index (χ4n) is 1.92. The van der Waals surface area contributed by atoms with Gasteiger partial charge in [0.15, 0.2) is 0 Å². The highest BCUT2D eigenvalue weighted by Crippen LogP contribution is 2.30. The molecule has 0 aliphatic rings. The second kappa shape index (κ2) is 6.51. The fraction of sp³-hybridized carbons (Fsp3) is 0.294. The highest BCUT2D eigenvalue weighted by atomic mass is 19.4. The lowest BCUT2D eigenvalue weighted by Gasteiger charge is -2.20. The number of nitrogens with zero attached hydrogens (tertiary/aromatic N) is 1. The second-order valence-corrected chi connectivity index (χ2v) is 6.34. The molecule has 1 aromatic heterocycles. The normalized spacial score (nSPS) is 11.9. The molecule has 1 aromatic carbocycles. The molecule has 0 spiro atoms. The summed E-state index contributed by atoms with van der Waals surface area (Å²) in [4.78, 5) is 16.0. The first-order valence-electron chi connectivity index (χ1n) is 7.27. The number of hydrogen-bond acceptors (Lipinski definition) is 3. The number of carbonyl (C=O) groups excluding carboxylic acids is 1. The molecule has 0 atom stereocenters. The van der Waals surface area contributed by atoms with Crippen molar-refractivity contribution >= 4 is 17.3 Å². The number of halogens is 3. The van der Waals surface area contributed by atoms with Crippen molar-refractivity contribution in [1.82, 2.24) is 10.3 Å². The summed E-state index contributed by atoms with van der Waals surface area (Å²) in [5, 5.41) is 5.73. The number of nitrogens with one attached hydrogen (secondary N) is 2. The molecule has 0 bridgehead atoms. The second-order valence-electron chi connectivity index (χ2n) is 6.34. The first-order chi connectivity index (χ1) is 11.0. The third-order valence-corrected chi connectivity index (χ3v) is 2.99. The molecule has 0 fully saturated rings. The topological polar surface area (TPSA) is 54.0 Å². The number of aromatic nitrogens is 1. The Morgan fingerprint density at radius 1 is 0.958 bits per heavy atom. The molecule has 1 heterocycles. The lowest BCUT2D eigenvalue weighted by molar-refractivity contribution is -0.137. The van der Waals surface area contributed by atoms with E-state index < -0.39 is 11.7 Å². The van der Waals surface area contributed by atoms with Crippen LogP contribution in [0, 0.1) is 0 Å². The summed E-state index contributed by atoms with van der Waals surface area (Å²) < 4.78 is 37.5. The molecule has 2 aromatic rings. The Balaban J connectivity index is 2.05. The van der Waals surface area contributed by atoms with Crippen molar-refractivity contribution < 1.29 is 18.0 Å². The number of amides is 1. The average Bonchev–Trinajstić information content (AvgIpc) is 2.46. The lowest BCUT2D eigenvalue weighted by atomic mass is 10.1. The van der Waals surface area contributed by atoms with Crippen LogP contribution in [0.15, 0.2) is 42.6 Å². The van der Waals surface area contributed by atoms with Gasteiger partial charge in [0.1, 0.15) is 5.69 Å². The smallest absolute Gasteiger partial charge is 0.354 e. The molecule has 0 aliphatic carbocycles. The molecule has 24 heavy (non-hydrogen) atoms. The van der Waals surface area contributed by atoms with Gasteiger partial charge in [-0.25, -0.2) is 4.98 Å². The van der Waals surface area contributed by atoms with Crippen LogP contribution in [0.1, 0.15) is 36.8 Å². The maximum atomic E-state index is 12.5. The lowest BCUT2D eigenvalue weighted by Crippen LogP contribution is -2.40. The number of carbonyl (C=O) groups is 1. The Kier molecular flexibility index (Phi) is 4.82. The minimum absolute atomic E-state index is 0.267. The number of alkyl halides is 3. The number of rotatable bonds is 3. The molecule has 2 N–H and O–H groups in total. The molecular formula is C17H18F3N3O. The highest BCUT2D eigenvalue weighted by Gasteiger charge is 2.29. The Hall–Kier alpha value is -2.57. The van der Waals surface area contributed by atoms with E-state index in [0.29, 0.717) is 11.4 Å². The summed E-state index contributed by atoms with van der Waals surface area (Å²) in [5.41, 5.74) is 0.262. The number of pyridine rings is 1. The maximum Gasteiger partial charge on any atom is 0.416 e. The van der Waals surface area contributed by atoms with Crippen molar-refractivity contribution in [1.29, 1.82) is 0 Å². The van der Waals surface area contributed by atoms with Gasteiger partial charge in [0.25, 0.3) is 5.91 Å².